The van der Waals surface area contributed by atoms with Gasteiger partial charge < -0.3 is 24.6 Å². The van der Waals surface area contributed by atoms with Crippen molar-refractivity contribution in [3.63, 3.8) is 0 Å². The van der Waals surface area contributed by atoms with Crippen molar-refractivity contribution < 1.29 is 18.9 Å². The SMILES string of the molecule is BOC=NCCCOCCOCCOCCCN. The first-order valence-electron chi connectivity index (χ1n) is 6.36. The molecule has 0 aliphatic heterocycles. The van der Waals surface area contributed by atoms with Gasteiger partial charge in [0.2, 0.25) is 0 Å². The molecule has 0 aromatic rings. The molecule has 0 aliphatic carbocycles. The molecule has 0 aromatic carbocycles. The summed E-state index contributed by atoms with van der Waals surface area (Å²) in [5.74, 6) is 0. The Hall–Kier alpha value is -0.625. The minimum absolute atomic E-state index is 0.599. The zero-order valence-corrected chi connectivity index (χ0v) is 11.3. The van der Waals surface area contributed by atoms with Crippen molar-refractivity contribution in [3.8, 4) is 0 Å². The molecule has 0 bridgehead atoms. The largest absolute Gasteiger partial charge is 0.560 e. The topological polar surface area (TPSA) is 75.3 Å². The summed E-state index contributed by atoms with van der Waals surface area (Å²) in [5, 5.41) is 0. The standard InChI is InChI=1S/C11H25BN2O4/c12-18-11-14-4-2-6-16-8-10-17-9-7-15-5-1-3-13/h11H,1-10,12-13H2. The van der Waals surface area contributed by atoms with Gasteiger partial charge in [0.25, 0.3) is 0 Å². The van der Waals surface area contributed by atoms with Crippen LogP contribution in [0.3, 0.4) is 0 Å². The number of hydrogen-bond acceptors (Lipinski definition) is 6. The Bertz CT molecular complexity index is 184. The third-order valence-electron chi connectivity index (χ3n) is 1.99. The second kappa shape index (κ2) is 16.4. The van der Waals surface area contributed by atoms with Gasteiger partial charge in [-0.2, -0.15) is 0 Å². The van der Waals surface area contributed by atoms with Crippen LogP contribution >= 0.6 is 0 Å². The average molecular weight is 260 g/mol. The molecule has 0 spiro atoms. The van der Waals surface area contributed by atoms with Crippen molar-refractivity contribution in [2.75, 3.05) is 52.7 Å². The van der Waals surface area contributed by atoms with Crippen LogP contribution in [0.5, 0.6) is 0 Å². The first-order chi connectivity index (χ1) is 8.91. The van der Waals surface area contributed by atoms with Crippen LogP contribution < -0.4 is 5.73 Å². The summed E-state index contributed by atoms with van der Waals surface area (Å²) < 4.78 is 20.7. The van der Waals surface area contributed by atoms with Gasteiger partial charge in [0, 0.05) is 19.8 Å². The first-order valence-corrected chi connectivity index (χ1v) is 6.36. The smallest absolute Gasteiger partial charge is 0.323 e. The molecular weight excluding hydrogens is 235 g/mol. The quantitative estimate of drug-likeness (QED) is 0.195. The van der Waals surface area contributed by atoms with Gasteiger partial charge in [-0.3, -0.25) is 4.99 Å². The number of ether oxygens (including phenoxy) is 3. The molecule has 0 atom stereocenters. The van der Waals surface area contributed by atoms with Crippen LogP contribution in [-0.4, -0.2) is 67.2 Å². The normalized spacial score (nSPS) is 11.2. The summed E-state index contributed by atoms with van der Waals surface area (Å²) in [5.41, 5.74) is 5.33. The minimum Gasteiger partial charge on any atom is -0.560 e. The molecule has 0 saturated carbocycles. The van der Waals surface area contributed by atoms with E-state index in [2.05, 4.69) is 9.65 Å². The Balaban J connectivity index is 2.92. The highest BCUT2D eigenvalue weighted by atomic mass is 16.5. The van der Waals surface area contributed by atoms with Crippen molar-refractivity contribution in [2.24, 2.45) is 10.7 Å². The van der Waals surface area contributed by atoms with Crippen molar-refractivity contribution >= 4 is 14.4 Å². The average Bonchev–Trinajstić information content (AvgIpc) is 2.39. The van der Waals surface area contributed by atoms with E-state index in [-0.39, 0.29) is 0 Å². The zero-order chi connectivity index (χ0) is 13.3. The van der Waals surface area contributed by atoms with Gasteiger partial charge in [-0.25, -0.2) is 0 Å². The van der Waals surface area contributed by atoms with Crippen LogP contribution in [0.2, 0.25) is 0 Å². The maximum absolute atomic E-state index is 5.36. The van der Waals surface area contributed by atoms with Gasteiger partial charge in [-0.15, -0.1) is 0 Å². The van der Waals surface area contributed by atoms with Crippen LogP contribution in [0.4, 0.5) is 0 Å². The summed E-state index contributed by atoms with van der Waals surface area (Å²) in [6.45, 7) is 5.22. The zero-order valence-electron chi connectivity index (χ0n) is 11.3. The van der Waals surface area contributed by atoms with E-state index < -0.39 is 0 Å². The van der Waals surface area contributed by atoms with Crippen LogP contribution in [0.1, 0.15) is 12.8 Å². The third-order valence-corrected chi connectivity index (χ3v) is 1.99. The number of nitrogens with zero attached hydrogens (tertiary/aromatic N) is 1. The molecule has 106 valence electrons. The first kappa shape index (κ1) is 17.4. The Labute approximate surface area is 110 Å². The van der Waals surface area contributed by atoms with Gasteiger partial charge >= 0.3 is 8.05 Å². The maximum Gasteiger partial charge on any atom is 0.323 e. The Morgan fingerprint density at radius 3 is 2.00 bits per heavy atom. The molecule has 7 heteroatoms. The Morgan fingerprint density at radius 2 is 1.44 bits per heavy atom. The molecule has 0 aromatic heterocycles. The molecule has 0 saturated heterocycles. The Morgan fingerprint density at radius 1 is 0.889 bits per heavy atom. The van der Waals surface area contributed by atoms with Gasteiger partial charge in [0.1, 0.15) is 0 Å². The summed E-state index contributed by atoms with van der Waals surface area (Å²) in [4.78, 5) is 3.99. The summed E-state index contributed by atoms with van der Waals surface area (Å²) in [7, 11) is 1.58. The van der Waals surface area contributed by atoms with Crippen molar-refractivity contribution in [2.45, 2.75) is 12.8 Å². The highest BCUT2D eigenvalue weighted by Gasteiger charge is 1.91. The van der Waals surface area contributed by atoms with E-state index in [1.54, 1.807) is 8.05 Å². The third kappa shape index (κ3) is 15.4. The van der Waals surface area contributed by atoms with Crippen LogP contribution in [-0.2, 0) is 18.9 Å². The fourth-order valence-corrected chi connectivity index (χ4v) is 1.11. The minimum atomic E-state index is 0.599. The molecule has 0 unspecified atom stereocenters. The number of aliphatic imine (C=N–C) groups is 1. The molecule has 0 heterocycles. The van der Waals surface area contributed by atoms with Crippen molar-refractivity contribution in [3.05, 3.63) is 0 Å². The number of hydrogen-bond donors (Lipinski definition) is 1. The lowest BCUT2D eigenvalue weighted by molar-refractivity contribution is 0.0143. The fourth-order valence-electron chi connectivity index (χ4n) is 1.11. The molecule has 6 nitrogen and oxygen atoms in total. The molecular formula is C11H25BN2O4. The highest BCUT2D eigenvalue weighted by Crippen LogP contribution is 1.86. The summed E-state index contributed by atoms with van der Waals surface area (Å²) in [6.07, 6.45) is 3.23. The van der Waals surface area contributed by atoms with Crippen LogP contribution in [0.15, 0.2) is 4.99 Å². The molecule has 0 amide bonds. The lowest BCUT2D eigenvalue weighted by Crippen LogP contribution is -2.11. The lowest BCUT2D eigenvalue weighted by atomic mass is 10.5. The highest BCUT2D eigenvalue weighted by molar-refractivity contribution is 6.02. The maximum atomic E-state index is 5.36. The lowest BCUT2D eigenvalue weighted by Gasteiger charge is -2.06. The van der Waals surface area contributed by atoms with Gasteiger partial charge in [0.15, 0.2) is 6.40 Å². The van der Waals surface area contributed by atoms with Gasteiger partial charge in [-0.1, -0.05) is 0 Å². The van der Waals surface area contributed by atoms with Gasteiger partial charge in [-0.05, 0) is 19.4 Å². The molecule has 2 N–H and O–H groups in total. The fraction of sp³-hybridized carbons (Fsp3) is 0.909. The summed E-state index contributed by atoms with van der Waals surface area (Å²) in [6, 6.07) is 0. The van der Waals surface area contributed by atoms with E-state index in [0.717, 1.165) is 19.4 Å². The molecule has 0 rings (SSSR count). The van der Waals surface area contributed by atoms with E-state index >= 15 is 0 Å². The van der Waals surface area contributed by atoms with E-state index in [1.807, 2.05) is 0 Å². The van der Waals surface area contributed by atoms with E-state index in [0.29, 0.717) is 46.2 Å². The summed E-state index contributed by atoms with van der Waals surface area (Å²) >= 11 is 0. The van der Waals surface area contributed by atoms with E-state index in [9.17, 15) is 0 Å². The van der Waals surface area contributed by atoms with Crippen molar-refractivity contribution in [1.82, 2.24) is 0 Å². The van der Waals surface area contributed by atoms with Gasteiger partial charge in [0.05, 0.1) is 26.4 Å². The second-order valence-electron chi connectivity index (χ2n) is 3.58. The number of nitrogens with two attached hydrogens (primary N) is 1. The number of rotatable bonds is 14. The van der Waals surface area contributed by atoms with Crippen molar-refractivity contribution in [1.29, 1.82) is 0 Å². The molecule has 18 heavy (non-hydrogen) atoms. The monoisotopic (exact) mass is 260 g/mol. The van der Waals surface area contributed by atoms with E-state index in [1.165, 1.54) is 6.40 Å². The van der Waals surface area contributed by atoms with E-state index in [4.69, 9.17) is 19.9 Å². The van der Waals surface area contributed by atoms with Crippen LogP contribution in [0.25, 0.3) is 0 Å². The predicted molar refractivity (Wildman–Crippen MR) is 73.7 cm³/mol. The Kier molecular flexibility index (Phi) is 15.8. The molecule has 0 radical (unpaired) electrons. The predicted octanol–water partition coefficient (Wildman–Crippen LogP) is -0.632. The second-order valence-corrected chi connectivity index (χ2v) is 3.58. The molecule has 0 fully saturated rings. The van der Waals surface area contributed by atoms with Crippen LogP contribution in [0, 0.1) is 0 Å². The molecule has 0 aliphatic rings.